The molecule has 0 heterocycles. The van der Waals surface area contributed by atoms with Gasteiger partial charge in [-0.1, -0.05) is 26.0 Å². The van der Waals surface area contributed by atoms with Crippen molar-refractivity contribution in [1.82, 2.24) is 0 Å². The van der Waals surface area contributed by atoms with Crippen LogP contribution in [0.1, 0.15) is 65.2 Å². The van der Waals surface area contributed by atoms with Crippen molar-refractivity contribution >= 4 is 0 Å². The smallest absolute Gasteiger partial charge is 0.0584 e. The summed E-state index contributed by atoms with van der Waals surface area (Å²) in [4.78, 5) is 0. The van der Waals surface area contributed by atoms with Gasteiger partial charge in [0.25, 0.3) is 0 Å². The number of aliphatic hydroxyl groups is 2. The number of allylic oxidation sites excluding steroid dienone is 1. The number of hydrogen-bond donors (Lipinski definition) is 2. The Morgan fingerprint density at radius 2 is 1.86 bits per heavy atom. The van der Waals surface area contributed by atoms with Crippen LogP contribution in [-0.2, 0) is 0 Å². The van der Waals surface area contributed by atoms with E-state index in [-0.39, 0.29) is 23.0 Å². The van der Waals surface area contributed by atoms with Gasteiger partial charge in [0.05, 0.1) is 12.2 Å². The summed E-state index contributed by atoms with van der Waals surface area (Å²) >= 11 is 0. The van der Waals surface area contributed by atoms with E-state index >= 15 is 0 Å². The van der Waals surface area contributed by atoms with Gasteiger partial charge in [-0.15, -0.1) is 0 Å². The second-order valence-electron chi connectivity index (χ2n) is 9.34. The fraction of sp³-hybridized carbons (Fsp3) is 0.900. The van der Waals surface area contributed by atoms with Crippen molar-refractivity contribution in [2.24, 2.45) is 34.5 Å². The molecule has 0 aliphatic heterocycles. The lowest BCUT2D eigenvalue weighted by Gasteiger charge is -2.61. The molecule has 8 atom stereocenters. The quantitative estimate of drug-likeness (QED) is 0.666. The number of aliphatic hydroxyl groups excluding tert-OH is 2. The largest absolute Gasteiger partial charge is 0.393 e. The van der Waals surface area contributed by atoms with E-state index in [1.54, 1.807) is 0 Å². The first kappa shape index (κ1) is 15.2. The first-order valence-corrected chi connectivity index (χ1v) is 9.40. The summed E-state index contributed by atoms with van der Waals surface area (Å²) in [7, 11) is 0. The van der Waals surface area contributed by atoms with E-state index < -0.39 is 0 Å². The fourth-order valence-corrected chi connectivity index (χ4v) is 7.26. The van der Waals surface area contributed by atoms with Crippen LogP contribution in [0.4, 0.5) is 0 Å². The van der Waals surface area contributed by atoms with E-state index in [4.69, 9.17) is 0 Å². The molecule has 4 rings (SSSR count). The minimum Gasteiger partial charge on any atom is -0.393 e. The zero-order valence-electron chi connectivity index (χ0n) is 14.2. The molecule has 4 fully saturated rings. The third kappa shape index (κ3) is 1.86. The fourth-order valence-electron chi connectivity index (χ4n) is 7.26. The van der Waals surface area contributed by atoms with Crippen LogP contribution in [0, 0.1) is 34.5 Å². The average Bonchev–Trinajstić information content (AvgIpc) is 2.75. The molecule has 22 heavy (non-hydrogen) atoms. The molecular formula is C20H32O2. The molecule has 0 radical (unpaired) electrons. The first-order chi connectivity index (χ1) is 10.4. The van der Waals surface area contributed by atoms with Crippen molar-refractivity contribution in [2.75, 3.05) is 0 Å². The summed E-state index contributed by atoms with van der Waals surface area (Å²) in [5, 5.41) is 21.2. The van der Waals surface area contributed by atoms with Crippen LogP contribution < -0.4 is 0 Å². The summed E-state index contributed by atoms with van der Waals surface area (Å²) in [6, 6.07) is 0. The van der Waals surface area contributed by atoms with Gasteiger partial charge in [0.1, 0.15) is 0 Å². The van der Waals surface area contributed by atoms with E-state index in [1.165, 1.54) is 24.8 Å². The van der Waals surface area contributed by atoms with Crippen LogP contribution in [0.15, 0.2) is 12.2 Å². The molecule has 124 valence electrons. The van der Waals surface area contributed by atoms with Gasteiger partial charge in [-0.3, -0.25) is 0 Å². The standard InChI is InChI=1S/C20H32O2/c1-12-4-7-16-15-6-5-13-10-14(21)8-9-19(13,2)18(15)17(22)11-20(12,16)3/h13-18,21-22H,1,4-11H2,2-3H3. The molecule has 8 unspecified atom stereocenters. The molecule has 4 aliphatic rings. The Bertz CT molecular complexity index is 486. The van der Waals surface area contributed by atoms with E-state index in [1.807, 2.05) is 0 Å². The zero-order chi connectivity index (χ0) is 15.7. The van der Waals surface area contributed by atoms with Crippen molar-refractivity contribution in [3.8, 4) is 0 Å². The van der Waals surface area contributed by atoms with Gasteiger partial charge >= 0.3 is 0 Å². The first-order valence-electron chi connectivity index (χ1n) is 9.40. The molecule has 4 aliphatic carbocycles. The van der Waals surface area contributed by atoms with Crippen LogP contribution in [0.3, 0.4) is 0 Å². The third-order valence-electron chi connectivity index (χ3n) is 8.52. The maximum absolute atomic E-state index is 11.1. The topological polar surface area (TPSA) is 40.5 Å². The highest BCUT2D eigenvalue weighted by atomic mass is 16.3. The molecule has 0 aromatic heterocycles. The van der Waals surface area contributed by atoms with Crippen molar-refractivity contribution in [1.29, 1.82) is 0 Å². The molecule has 0 spiro atoms. The Morgan fingerprint density at radius 1 is 1.09 bits per heavy atom. The van der Waals surface area contributed by atoms with Crippen molar-refractivity contribution in [3.63, 3.8) is 0 Å². The Morgan fingerprint density at radius 3 is 2.64 bits per heavy atom. The van der Waals surface area contributed by atoms with Gasteiger partial charge < -0.3 is 10.2 Å². The Labute approximate surface area is 135 Å². The summed E-state index contributed by atoms with van der Waals surface area (Å²) in [5.41, 5.74) is 1.81. The Balaban J connectivity index is 1.69. The lowest BCUT2D eigenvalue weighted by molar-refractivity contribution is -0.167. The predicted molar refractivity (Wildman–Crippen MR) is 88.3 cm³/mol. The van der Waals surface area contributed by atoms with Crippen molar-refractivity contribution in [2.45, 2.75) is 77.4 Å². The Kier molecular flexibility index (Phi) is 3.34. The van der Waals surface area contributed by atoms with Gasteiger partial charge in [-0.25, -0.2) is 0 Å². The van der Waals surface area contributed by atoms with Gasteiger partial charge in [0.15, 0.2) is 0 Å². The summed E-state index contributed by atoms with van der Waals surface area (Å²) in [6.07, 6.45) is 8.57. The van der Waals surface area contributed by atoms with Gasteiger partial charge in [0.2, 0.25) is 0 Å². The number of fused-ring (bicyclic) bond motifs is 5. The monoisotopic (exact) mass is 304 g/mol. The highest BCUT2D eigenvalue weighted by molar-refractivity contribution is 5.22. The minimum absolute atomic E-state index is 0.105. The summed E-state index contributed by atoms with van der Waals surface area (Å²) < 4.78 is 0. The SMILES string of the molecule is C=C1CCC2C3CCC4CC(O)CCC4(C)C3C(O)CC12C. The average molecular weight is 304 g/mol. The zero-order valence-corrected chi connectivity index (χ0v) is 14.2. The molecule has 0 saturated heterocycles. The summed E-state index contributed by atoms with van der Waals surface area (Å²) in [6.45, 7) is 9.14. The maximum atomic E-state index is 11.1. The Hall–Kier alpha value is -0.340. The van der Waals surface area contributed by atoms with Crippen molar-refractivity contribution in [3.05, 3.63) is 12.2 Å². The number of hydrogen-bond acceptors (Lipinski definition) is 2. The maximum Gasteiger partial charge on any atom is 0.0584 e. The van der Waals surface area contributed by atoms with Crippen LogP contribution >= 0.6 is 0 Å². The molecule has 2 heteroatoms. The molecule has 0 amide bonds. The summed E-state index contributed by atoms with van der Waals surface area (Å²) in [5.74, 6) is 2.46. The van der Waals surface area contributed by atoms with Crippen LogP contribution in [0.5, 0.6) is 0 Å². The van der Waals surface area contributed by atoms with E-state index in [0.29, 0.717) is 17.8 Å². The second kappa shape index (κ2) is 4.83. The van der Waals surface area contributed by atoms with Crippen LogP contribution in [0.25, 0.3) is 0 Å². The molecule has 2 N–H and O–H groups in total. The van der Waals surface area contributed by atoms with Gasteiger partial charge in [-0.2, -0.15) is 0 Å². The van der Waals surface area contributed by atoms with Crippen LogP contribution in [-0.4, -0.2) is 22.4 Å². The molecule has 4 saturated carbocycles. The molecular weight excluding hydrogens is 272 g/mol. The highest BCUT2D eigenvalue weighted by Gasteiger charge is 2.61. The predicted octanol–water partition coefficient (Wildman–Crippen LogP) is 3.92. The normalized spacial score (nSPS) is 57.9. The second-order valence-corrected chi connectivity index (χ2v) is 9.34. The molecule has 2 nitrogen and oxygen atoms in total. The number of rotatable bonds is 0. The van der Waals surface area contributed by atoms with E-state index in [9.17, 15) is 10.2 Å². The van der Waals surface area contributed by atoms with Crippen LogP contribution in [0.2, 0.25) is 0 Å². The lowest BCUT2D eigenvalue weighted by Crippen LogP contribution is -2.58. The lowest BCUT2D eigenvalue weighted by atomic mass is 9.44. The molecule has 0 aromatic carbocycles. The third-order valence-corrected chi connectivity index (χ3v) is 8.52. The molecule has 0 aromatic rings. The molecule has 0 bridgehead atoms. The van der Waals surface area contributed by atoms with Gasteiger partial charge in [-0.05, 0) is 85.9 Å². The van der Waals surface area contributed by atoms with Crippen molar-refractivity contribution < 1.29 is 10.2 Å². The highest BCUT2D eigenvalue weighted by Crippen LogP contribution is 2.67. The van der Waals surface area contributed by atoms with Gasteiger partial charge in [0, 0.05) is 0 Å². The minimum atomic E-state index is -0.177. The van der Waals surface area contributed by atoms with E-state index in [2.05, 4.69) is 20.4 Å². The van der Waals surface area contributed by atoms with E-state index in [0.717, 1.165) is 38.0 Å².